The van der Waals surface area contributed by atoms with Crippen molar-refractivity contribution in [3.05, 3.63) is 96.4 Å². The highest BCUT2D eigenvalue weighted by Crippen LogP contribution is 2.27. The van der Waals surface area contributed by atoms with Crippen LogP contribution in [0.4, 0.5) is 10.1 Å². The summed E-state index contributed by atoms with van der Waals surface area (Å²) in [5.41, 5.74) is 2.71. The molecule has 7 nitrogen and oxygen atoms in total. The number of ether oxygens (including phenoxy) is 1. The first-order chi connectivity index (χ1) is 16.7. The third-order valence-electron chi connectivity index (χ3n) is 5.16. The number of amides is 1. The molecule has 0 aliphatic rings. The SMILES string of the molecule is COc1ccc(-c2nn(-c3ccccc3)cc2/C=C/C(=O)Nc2cc(S(C)(=O)=O)ccc2F)cc1. The lowest BCUT2D eigenvalue weighted by molar-refractivity contribution is -0.111. The Morgan fingerprint density at radius 2 is 1.77 bits per heavy atom. The van der Waals surface area contributed by atoms with Gasteiger partial charge in [-0.2, -0.15) is 5.10 Å². The minimum atomic E-state index is -3.55. The Labute approximate surface area is 202 Å². The van der Waals surface area contributed by atoms with Gasteiger partial charge in [-0.15, -0.1) is 0 Å². The van der Waals surface area contributed by atoms with Gasteiger partial charge in [-0.1, -0.05) is 18.2 Å². The normalized spacial score (nSPS) is 11.5. The van der Waals surface area contributed by atoms with Crippen LogP contribution in [0.3, 0.4) is 0 Å². The summed E-state index contributed by atoms with van der Waals surface area (Å²) in [4.78, 5) is 12.5. The van der Waals surface area contributed by atoms with E-state index in [9.17, 15) is 17.6 Å². The molecule has 0 saturated heterocycles. The van der Waals surface area contributed by atoms with Gasteiger partial charge < -0.3 is 10.1 Å². The number of rotatable bonds is 7. The molecule has 4 aromatic rings. The number of carbonyl (C=O) groups excluding carboxylic acids is 1. The molecule has 3 aromatic carbocycles. The van der Waals surface area contributed by atoms with Gasteiger partial charge in [0.15, 0.2) is 9.84 Å². The van der Waals surface area contributed by atoms with Crippen LogP contribution in [-0.4, -0.2) is 37.5 Å². The molecule has 0 unspecified atom stereocenters. The van der Waals surface area contributed by atoms with Gasteiger partial charge >= 0.3 is 0 Å². The van der Waals surface area contributed by atoms with Crippen LogP contribution in [-0.2, 0) is 14.6 Å². The largest absolute Gasteiger partial charge is 0.497 e. The molecule has 1 N–H and O–H groups in total. The van der Waals surface area contributed by atoms with Gasteiger partial charge in [-0.05, 0) is 60.7 Å². The molecule has 4 rings (SSSR count). The van der Waals surface area contributed by atoms with E-state index in [0.29, 0.717) is 17.0 Å². The fourth-order valence-corrected chi connectivity index (χ4v) is 4.01. The molecule has 0 fully saturated rings. The average molecular weight is 492 g/mol. The van der Waals surface area contributed by atoms with E-state index in [4.69, 9.17) is 4.74 Å². The van der Waals surface area contributed by atoms with E-state index in [0.717, 1.165) is 35.7 Å². The van der Waals surface area contributed by atoms with E-state index in [2.05, 4.69) is 10.4 Å². The maximum absolute atomic E-state index is 14.2. The molecule has 1 heterocycles. The second-order valence-electron chi connectivity index (χ2n) is 7.68. The number of para-hydroxylation sites is 1. The Bertz CT molecular complexity index is 1500. The van der Waals surface area contributed by atoms with E-state index in [1.54, 1.807) is 24.1 Å². The summed E-state index contributed by atoms with van der Waals surface area (Å²) < 4.78 is 44.6. The lowest BCUT2D eigenvalue weighted by Crippen LogP contribution is -2.10. The van der Waals surface area contributed by atoms with Crippen LogP contribution in [0, 0.1) is 5.82 Å². The van der Waals surface area contributed by atoms with Crippen molar-refractivity contribution >= 4 is 27.5 Å². The second-order valence-corrected chi connectivity index (χ2v) is 9.69. The highest BCUT2D eigenvalue weighted by molar-refractivity contribution is 7.90. The van der Waals surface area contributed by atoms with Crippen molar-refractivity contribution in [2.75, 3.05) is 18.7 Å². The summed E-state index contributed by atoms with van der Waals surface area (Å²) in [7, 11) is -1.97. The van der Waals surface area contributed by atoms with Crippen molar-refractivity contribution < 1.29 is 22.3 Å². The molecule has 0 spiro atoms. The van der Waals surface area contributed by atoms with Gasteiger partial charge in [0.05, 0.1) is 29.1 Å². The van der Waals surface area contributed by atoms with Gasteiger partial charge in [-0.3, -0.25) is 4.79 Å². The Balaban J connectivity index is 1.65. The van der Waals surface area contributed by atoms with Crippen molar-refractivity contribution in [3.8, 4) is 22.7 Å². The molecule has 0 aliphatic carbocycles. The van der Waals surface area contributed by atoms with Gasteiger partial charge in [0, 0.05) is 29.7 Å². The summed E-state index contributed by atoms with van der Waals surface area (Å²) in [5.74, 6) is -0.663. The van der Waals surface area contributed by atoms with E-state index in [1.807, 2.05) is 54.6 Å². The van der Waals surface area contributed by atoms with E-state index in [-0.39, 0.29) is 10.6 Å². The molecular formula is C26H22FN3O4S. The zero-order chi connectivity index (χ0) is 25.0. The number of benzene rings is 3. The second kappa shape index (κ2) is 9.94. The molecule has 0 aliphatic heterocycles. The monoisotopic (exact) mass is 491 g/mol. The highest BCUT2D eigenvalue weighted by atomic mass is 32.2. The first-order valence-electron chi connectivity index (χ1n) is 10.5. The van der Waals surface area contributed by atoms with Crippen LogP contribution >= 0.6 is 0 Å². The van der Waals surface area contributed by atoms with E-state index >= 15 is 0 Å². The molecule has 0 bridgehead atoms. The number of carbonyl (C=O) groups is 1. The maximum Gasteiger partial charge on any atom is 0.248 e. The van der Waals surface area contributed by atoms with Crippen molar-refractivity contribution in [1.29, 1.82) is 0 Å². The Hall–Kier alpha value is -4.24. The first kappa shape index (κ1) is 23.9. The van der Waals surface area contributed by atoms with Crippen molar-refractivity contribution in [2.45, 2.75) is 4.90 Å². The quantitative estimate of drug-likeness (QED) is 0.298. The number of methoxy groups -OCH3 is 1. The van der Waals surface area contributed by atoms with Crippen molar-refractivity contribution in [3.63, 3.8) is 0 Å². The van der Waals surface area contributed by atoms with Crippen LogP contribution in [0.1, 0.15) is 5.56 Å². The van der Waals surface area contributed by atoms with Gasteiger partial charge in [0.2, 0.25) is 5.91 Å². The van der Waals surface area contributed by atoms with Crippen molar-refractivity contribution in [2.24, 2.45) is 0 Å². The van der Waals surface area contributed by atoms with Crippen LogP contribution in [0.25, 0.3) is 23.0 Å². The number of nitrogens with one attached hydrogen (secondary N) is 1. The molecular weight excluding hydrogens is 469 g/mol. The third kappa shape index (κ3) is 5.64. The predicted octanol–water partition coefficient (Wildman–Crippen LogP) is 4.74. The topological polar surface area (TPSA) is 90.3 Å². The van der Waals surface area contributed by atoms with Gasteiger partial charge in [0.1, 0.15) is 11.6 Å². The number of anilines is 1. The lowest BCUT2D eigenvalue weighted by Gasteiger charge is -2.06. The summed E-state index contributed by atoms with van der Waals surface area (Å²) in [6.07, 6.45) is 5.60. The van der Waals surface area contributed by atoms with Gasteiger partial charge in [0.25, 0.3) is 0 Å². The maximum atomic E-state index is 14.2. The molecule has 0 atom stereocenters. The zero-order valence-corrected chi connectivity index (χ0v) is 19.8. The van der Waals surface area contributed by atoms with Crippen LogP contribution < -0.4 is 10.1 Å². The lowest BCUT2D eigenvalue weighted by atomic mass is 10.1. The number of hydrogen-bond acceptors (Lipinski definition) is 5. The number of halogens is 1. The average Bonchev–Trinajstić information content (AvgIpc) is 3.28. The third-order valence-corrected chi connectivity index (χ3v) is 6.28. The molecule has 9 heteroatoms. The molecule has 178 valence electrons. The van der Waals surface area contributed by atoms with Crippen LogP contribution in [0.15, 0.2) is 90.0 Å². The van der Waals surface area contributed by atoms with E-state index < -0.39 is 21.6 Å². The Morgan fingerprint density at radius 3 is 2.43 bits per heavy atom. The Morgan fingerprint density at radius 1 is 1.06 bits per heavy atom. The Kier molecular flexibility index (Phi) is 6.79. The molecule has 1 aromatic heterocycles. The zero-order valence-electron chi connectivity index (χ0n) is 19.0. The van der Waals surface area contributed by atoms with Gasteiger partial charge in [-0.25, -0.2) is 17.5 Å². The van der Waals surface area contributed by atoms with E-state index in [1.165, 1.54) is 6.08 Å². The highest BCUT2D eigenvalue weighted by Gasteiger charge is 2.14. The number of aromatic nitrogens is 2. The minimum Gasteiger partial charge on any atom is -0.497 e. The molecule has 1 amide bonds. The predicted molar refractivity (Wildman–Crippen MR) is 133 cm³/mol. The summed E-state index contributed by atoms with van der Waals surface area (Å²) in [5, 5.41) is 7.08. The fraction of sp³-hybridized carbons (Fsp3) is 0.0769. The fourth-order valence-electron chi connectivity index (χ4n) is 3.37. The summed E-state index contributed by atoms with van der Waals surface area (Å²) in [6.45, 7) is 0. The number of nitrogens with zero attached hydrogens (tertiary/aromatic N) is 2. The minimum absolute atomic E-state index is 0.0934. The van der Waals surface area contributed by atoms with Crippen LogP contribution in [0.5, 0.6) is 5.75 Å². The smallest absolute Gasteiger partial charge is 0.248 e. The summed E-state index contributed by atoms with van der Waals surface area (Å²) in [6, 6.07) is 20.1. The molecule has 0 radical (unpaired) electrons. The first-order valence-corrected chi connectivity index (χ1v) is 12.4. The van der Waals surface area contributed by atoms with Crippen molar-refractivity contribution in [1.82, 2.24) is 9.78 Å². The number of hydrogen-bond donors (Lipinski definition) is 1. The van der Waals surface area contributed by atoms with Crippen LogP contribution in [0.2, 0.25) is 0 Å². The molecule has 0 saturated carbocycles. The summed E-state index contributed by atoms with van der Waals surface area (Å²) >= 11 is 0. The number of sulfone groups is 1. The standard InChI is InChI=1S/C26H22FN3O4S/c1-34-21-11-8-18(9-12-21)26-19(17-30(29-26)20-6-4-3-5-7-20)10-15-25(31)28-24-16-22(35(2,32)33)13-14-23(24)27/h3-17H,1-2H3,(H,28,31)/b15-10+. The molecule has 35 heavy (non-hydrogen) atoms.